The number of nitrogens with zero attached hydrogens (tertiary/aromatic N) is 10. The molecule has 10 heterocycles. The maximum atomic E-state index is 14.1. The molecule has 2 saturated carbocycles. The van der Waals surface area contributed by atoms with Crippen LogP contribution in [0.3, 0.4) is 0 Å². The number of fused-ring (bicyclic) bond motifs is 6. The van der Waals surface area contributed by atoms with Crippen LogP contribution in [0.15, 0.2) is 72.8 Å². The molecule has 4 aliphatic heterocycles. The van der Waals surface area contributed by atoms with Crippen molar-refractivity contribution >= 4 is 55.9 Å². The minimum Gasteiger partial charge on any atom is -0.481 e. The number of aryl methyl sites for hydroxylation is 2. The van der Waals surface area contributed by atoms with Crippen LogP contribution in [0, 0.1) is 11.8 Å². The minimum atomic E-state index is -0.173. The van der Waals surface area contributed by atoms with Crippen LogP contribution in [0.5, 0.6) is 11.8 Å². The van der Waals surface area contributed by atoms with Crippen molar-refractivity contribution in [3.8, 4) is 34.8 Å². The van der Waals surface area contributed by atoms with Gasteiger partial charge in [-0.2, -0.15) is 9.97 Å². The van der Waals surface area contributed by atoms with Gasteiger partial charge in [0, 0.05) is 100 Å². The third kappa shape index (κ3) is 8.26. The van der Waals surface area contributed by atoms with Gasteiger partial charge in [0.1, 0.15) is 24.0 Å². The summed E-state index contributed by atoms with van der Waals surface area (Å²) in [5, 5.41) is 9.30. The molecule has 2 amide bonds. The largest absolute Gasteiger partial charge is 0.481 e. The molecular formula is C56H62N12O6. The van der Waals surface area contributed by atoms with E-state index in [2.05, 4.69) is 53.2 Å². The number of methoxy groups -OCH3 is 1. The molecule has 382 valence electrons. The second kappa shape index (κ2) is 18.2. The van der Waals surface area contributed by atoms with Gasteiger partial charge in [0.15, 0.2) is 11.6 Å². The van der Waals surface area contributed by atoms with Crippen LogP contribution in [0.25, 0.3) is 67.2 Å². The average Bonchev–Trinajstić information content (AvgIpc) is 4.33. The van der Waals surface area contributed by atoms with E-state index in [4.69, 9.17) is 38.9 Å². The van der Waals surface area contributed by atoms with E-state index in [9.17, 15) is 9.59 Å². The molecule has 0 bridgehead atoms. The number of hydrogen-bond acceptors (Lipinski definition) is 12. The van der Waals surface area contributed by atoms with Crippen molar-refractivity contribution in [2.24, 2.45) is 25.9 Å². The number of ether oxygens (including phenoxy) is 4. The molecule has 4 saturated heterocycles. The van der Waals surface area contributed by atoms with Crippen LogP contribution in [0.1, 0.15) is 59.2 Å². The number of morpholine rings is 2. The Morgan fingerprint density at radius 3 is 1.78 bits per heavy atom. The fraction of sp³-hybridized carbons (Fsp3) is 0.464. The lowest BCUT2D eigenvalue weighted by molar-refractivity contribution is -0.0984. The second-order valence-electron chi connectivity index (χ2n) is 21.6. The highest BCUT2D eigenvalue weighted by atomic mass is 16.5. The Morgan fingerprint density at radius 2 is 1.20 bits per heavy atom. The molecule has 2 aromatic carbocycles. The van der Waals surface area contributed by atoms with Crippen LogP contribution < -0.4 is 20.1 Å². The van der Waals surface area contributed by atoms with Gasteiger partial charge in [-0.3, -0.25) is 9.59 Å². The predicted octanol–water partition coefficient (Wildman–Crippen LogP) is 6.18. The number of benzene rings is 2. The summed E-state index contributed by atoms with van der Waals surface area (Å²) in [6.07, 6.45) is 6.32. The van der Waals surface area contributed by atoms with Gasteiger partial charge in [-0.25, -0.2) is 9.97 Å². The maximum absolute atomic E-state index is 14.1. The smallest absolute Gasteiger partial charge is 0.253 e. The number of imidazole rings is 2. The molecular weight excluding hydrogens is 937 g/mol. The zero-order chi connectivity index (χ0) is 49.8. The number of pyridine rings is 2. The van der Waals surface area contributed by atoms with E-state index >= 15 is 0 Å². The molecule has 6 fully saturated rings. The Hall–Kier alpha value is -6.86. The van der Waals surface area contributed by atoms with Crippen molar-refractivity contribution in [1.29, 1.82) is 0 Å². The number of rotatable bonds is 12. The first-order valence-corrected chi connectivity index (χ1v) is 26.6. The molecule has 2 aliphatic carbocycles. The molecule has 1 unspecified atom stereocenters. The fourth-order valence-electron chi connectivity index (χ4n) is 12.1. The summed E-state index contributed by atoms with van der Waals surface area (Å²) in [5.74, 6) is 4.07. The number of amides is 2. The lowest BCUT2D eigenvalue weighted by atomic mass is 9.98. The van der Waals surface area contributed by atoms with Crippen molar-refractivity contribution < 1.29 is 28.5 Å². The van der Waals surface area contributed by atoms with E-state index in [1.807, 2.05) is 72.4 Å². The quantitative estimate of drug-likeness (QED) is 0.143. The van der Waals surface area contributed by atoms with E-state index < -0.39 is 0 Å². The zero-order valence-corrected chi connectivity index (χ0v) is 42.2. The van der Waals surface area contributed by atoms with Crippen LogP contribution in [0.2, 0.25) is 0 Å². The lowest BCUT2D eigenvalue weighted by Gasteiger charge is -2.44. The number of nitrogens with one attached hydrogen (secondary N) is 2. The molecule has 6 aromatic heterocycles. The van der Waals surface area contributed by atoms with Gasteiger partial charge in [0.25, 0.3) is 11.8 Å². The van der Waals surface area contributed by atoms with Crippen molar-refractivity contribution in [1.82, 2.24) is 58.6 Å². The Morgan fingerprint density at radius 1 is 0.649 bits per heavy atom. The summed E-state index contributed by atoms with van der Waals surface area (Å²) >= 11 is 0. The number of hydrogen-bond donors (Lipinski definition) is 2. The van der Waals surface area contributed by atoms with Gasteiger partial charge in [0.2, 0.25) is 11.8 Å². The highest BCUT2D eigenvalue weighted by Crippen LogP contribution is 2.39. The Labute approximate surface area is 427 Å². The molecule has 18 nitrogen and oxygen atoms in total. The van der Waals surface area contributed by atoms with Gasteiger partial charge in [-0.05, 0) is 111 Å². The third-order valence-electron chi connectivity index (χ3n) is 16.5. The molecule has 8 aromatic rings. The first kappa shape index (κ1) is 45.7. The lowest BCUT2D eigenvalue weighted by Crippen LogP contribution is -2.62. The normalized spacial score (nSPS) is 23.2. The van der Waals surface area contributed by atoms with Gasteiger partial charge in [0.05, 0.1) is 71.5 Å². The molecule has 0 spiro atoms. The second-order valence-corrected chi connectivity index (χ2v) is 21.6. The van der Waals surface area contributed by atoms with Gasteiger partial charge in [-0.15, -0.1) is 0 Å². The summed E-state index contributed by atoms with van der Waals surface area (Å²) in [4.78, 5) is 52.1. The Balaban J connectivity index is 0.634. The van der Waals surface area contributed by atoms with E-state index in [1.165, 1.54) is 25.7 Å². The van der Waals surface area contributed by atoms with Crippen LogP contribution in [-0.4, -0.2) is 150 Å². The van der Waals surface area contributed by atoms with Gasteiger partial charge >= 0.3 is 0 Å². The number of likely N-dealkylation sites (tertiary alicyclic amines) is 2. The molecule has 74 heavy (non-hydrogen) atoms. The monoisotopic (exact) mass is 998 g/mol. The van der Waals surface area contributed by atoms with Crippen molar-refractivity contribution in [2.45, 2.75) is 82.0 Å². The zero-order valence-electron chi connectivity index (χ0n) is 42.2. The fourth-order valence-corrected chi connectivity index (χ4v) is 12.1. The molecule has 5 atom stereocenters. The number of carbonyl (C=O) groups excluding carboxylic acids is 2. The summed E-state index contributed by atoms with van der Waals surface area (Å²) in [6.45, 7) is 6.68. The summed E-state index contributed by atoms with van der Waals surface area (Å²) < 4.78 is 33.3. The van der Waals surface area contributed by atoms with Crippen LogP contribution in [0.4, 0.5) is 0 Å². The number of carbonyl (C=O) groups is 2. The number of aromatic nitrogens is 8. The van der Waals surface area contributed by atoms with Crippen molar-refractivity contribution in [3.63, 3.8) is 0 Å². The van der Waals surface area contributed by atoms with Gasteiger partial charge in [-0.1, -0.05) is 0 Å². The summed E-state index contributed by atoms with van der Waals surface area (Å²) in [6, 6.07) is 24.3. The molecule has 6 aliphatic rings. The minimum absolute atomic E-state index is 0.00321. The van der Waals surface area contributed by atoms with Crippen molar-refractivity contribution in [3.05, 3.63) is 83.9 Å². The molecule has 2 N–H and O–H groups in total. The highest BCUT2D eigenvalue weighted by molar-refractivity contribution is 5.99. The highest BCUT2D eigenvalue weighted by Gasteiger charge is 2.39. The Kier molecular flexibility index (Phi) is 11.3. The van der Waals surface area contributed by atoms with Gasteiger partial charge < -0.3 is 57.6 Å². The van der Waals surface area contributed by atoms with E-state index in [-0.39, 0.29) is 42.2 Å². The maximum Gasteiger partial charge on any atom is 0.253 e. The summed E-state index contributed by atoms with van der Waals surface area (Å²) in [7, 11) is 5.73. The van der Waals surface area contributed by atoms with E-state index in [0.29, 0.717) is 80.5 Å². The van der Waals surface area contributed by atoms with Crippen molar-refractivity contribution in [2.75, 3.05) is 59.6 Å². The third-order valence-corrected chi connectivity index (χ3v) is 16.5. The molecule has 0 radical (unpaired) electrons. The van der Waals surface area contributed by atoms with E-state index in [0.717, 1.165) is 99.8 Å². The Bertz CT molecular complexity index is 3510. The summed E-state index contributed by atoms with van der Waals surface area (Å²) in [5.41, 5.74) is 8.57. The molecule has 14 rings (SSSR count). The SMILES string of the molecule is COc1ccc2cc(-c3nc4cc(C(=O)N5CC[C@@H]6OC(COc7ccc8cc(-c9nc%10cc(C(=O)N%11CC[C@H]%12OCCN[C@H]%12C%11)ccc%10n9C)n(CC9CC9)c8n7)CN[C@@H]6C5)ccc4n3C)n(CC3CC3)c2n1. The standard InChI is InChI=1S/C56H62N12O6/c1-63-43-13-9-37(23-40(43)59-53(63)45-24-34-10-14-49(71-3)61-51(34)67(45)27-32-4-5-32)56(70)66-20-17-48-42(30-66)58-26-38(74-48)31-73-50-15-11-35-25-46(68(52(35)62-50)28-33-6-7-33)54-60-39-22-36(8-12-44(39)64(54)2)55(69)65-19-16-47-41(29-65)57-18-21-72-47/h8-15,22-25,32-33,38,41-42,47-48,57-58H,4-7,16-21,26-31H2,1-3H3/t38?,41-,42+,47+,48-/m0/s1. The topological polar surface area (TPSA) is 173 Å². The van der Waals surface area contributed by atoms with E-state index in [1.54, 1.807) is 7.11 Å². The number of piperidine rings is 2. The molecule has 18 heteroatoms. The van der Waals surface area contributed by atoms with Crippen LogP contribution >= 0.6 is 0 Å². The first-order chi connectivity index (χ1) is 36.2. The average molecular weight is 999 g/mol. The predicted molar refractivity (Wildman–Crippen MR) is 279 cm³/mol. The van der Waals surface area contributed by atoms with Crippen LogP contribution in [-0.2, 0) is 36.7 Å². The first-order valence-electron chi connectivity index (χ1n) is 26.6.